The zero-order valence-corrected chi connectivity index (χ0v) is 11.1. The number of nitrogens with zero attached hydrogens (tertiary/aromatic N) is 1. The minimum absolute atomic E-state index is 0.624. The summed E-state index contributed by atoms with van der Waals surface area (Å²) in [6, 6.07) is -2.80. The van der Waals surface area contributed by atoms with Crippen LogP contribution in [-0.4, -0.2) is 34.3 Å². The van der Waals surface area contributed by atoms with Crippen molar-refractivity contribution in [3.63, 3.8) is 0 Å². The van der Waals surface area contributed by atoms with Crippen molar-refractivity contribution in [1.29, 1.82) is 0 Å². The number of amides is 1. The molecule has 1 heterocycles. The predicted molar refractivity (Wildman–Crippen MR) is 61.4 cm³/mol. The smallest absolute Gasteiger partial charge is 0.434 e. The predicted octanol–water partition coefficient (Wildman–Crippen LogP) is 1.42. The highest BCUT2D eigenvalue weighted by Gasteiger charge is 2.65. The molecule has 0 bridgehead atoms. The van der Waals surface area contributed by atoms with Crippen LogP contribution in [0.2, 0.25) is 0 Å². The van der Waals surface area contributed by atoms with Crippen molar-refractivity contribution in [2.45, 2.75) is 30.4 Å². The Kier molecular flexibility index (Phi) is 3.52. The van der Waals surface area contributed by atoms with E-state index in [1.165, 1.54) is 0 Å². The van der Waals surface area contributed by atoms with E-state index >= 15 is 0 Å². The van der Waals surface area contributed by atoms with Crippen LogP contribution in [-0.2, 0) is 14.3 Å². The molecule has 0 saturated carbocycles. The van der Waals surface area contributed by atoms with Gasteiger partial charge in [0.1, 0.15) is 6.04 Å². The van der Waals surface area contributed by atoms with Gasteiger partial charge in [0.05, 0.1) is 0 Å². The van der Waals surface area contributed by atoms with Gasteiger partial charge in [-0.1, -0.05) is 0 Å². The Bertz CT molecular complexity index is 563. The van der Waals surface area contributed by atoms with Crippen molar-refractivity contribution >= 4 is 17.5 Å². The Balaban J connectivity index is 2.38. The zero-order valence-electron chi connectivity index (χ0n) is 10.3. The van der Waals surface area contributed by atoms with Crippen LogP contribution in [0.3, 0.4) is 0 Å². The normalized spacial score (nSPS) is 33.6. The number of ether oxygens (including phenoxy) is 2. The highest BCUT2D eigenvalue weighted by molar-refractivity contribution is 6.22. The van der Waals surface area contributed by atoms with Crippen molar-refractivity contribution in [3.05, 3.63) is 33.8 Å². The number of hydrogen-bond donors (Lipinski definition) is 1. The largest absolute Gasteiger partial charge is 0.488 e. The molecule has 0 spiro atoms. The molecule has 2 aliphatic rings. The molecule has 1 fully saturated rings. The molecule has 3 unspecified atom stereocenters. The van der Waals surface area contributed by atoms with Crippen molar-refractivity contribution < 1.29 is 32.4 Å². The summed E-state index contributed by atoms with van der Waals surface area (Å²) >= 11 is 4.86. The van der Waals surface area contributed by atoms with Gasteiger partial charge in [-0.05, 0) is 17.7 Å². The number of halogens is 4. The maximum Gasteiger partial charge on any atom is 0.488 e. The highest BCUT2D eigenvalue weighted by Crippen LogP contribution is 2.48. The van der Waals surface area contributed by atoms with E-state index in [1.54, 1.807) is 0 Å². The summed E-state index contributed by atoms with van der Waals surface area (Å²) in [5, 5.41) is 9.12. The Morgan fingerprint density at radius 3 is 2.48 bits per heavy atom. The van der Waals surface area contributed by atoms with Crippen LogP contribution in [0, 0.1) is 10.1 Å². The van der Waals surface area contributed by atoms with Gasteiger partial charge in [0.2, 0.25) is 5.91 Å². The summed E-state index contributed by atoms with van der Waals surface area (Å²) < 4.78 is 48.2. The van der Waals surface area contributed by atoms with E-state index in [0.717, 1.165) is 19.1 Å². The molecule has 21 heavy (non-hydrogen) atoms. The lowest BCUT2D eigenvalue weighted by atomic mass is 10.0. The number of rotatable bonds is 2. The topological polar surface area (TPSA) is 90.7 Å². The summed E-state index contributed by atoms with van der Waals surface area (Å²) in [7, 11) is 0. The first-order valence-electron chi connectivity index (χ1n) is 5.52. The maximum atomic E-state index is 13.4. The zero-order chi connectivity index (χ0) is 16.0. The molecule has 0 aromatic carbocycles. The number of carbonyl (C=O) groups excluding carboxylic acids is 1. The summed E-state index contributed by atoms with van der Waals surface area (Å²) in [6.45, 7) is 1.09. The molecule has 1 saturated heterocycles. The van der Waals surface area contributed by atoms with E-state index in [-0.39, 0.29) is 0 Å². The van der Waals surface area contributed by atoms with Crippen LogP contribution in [0.25, 0.3) is 0 Å². The summed E-state index contributed by atoms with van der Waals surface area (Å²) in [5.41, 5.74) is 0. The van der Waals surface area contributed by atoms with E-state index in [4.69, 9.17) is 11.6 Å². The van der Waals surface area contributed by atoms with Crippen molar-refractivity contribution in [1.82, 2.24) is 5.32 Å². The second kappa shape index (κ2) is 4.79. The third-order valence-corrected chi connectivity index (χ3v) is 2.99. The average molecular weight is 329 g/mol. The Hall–Kier alpha value is -1.97. The van der Waals surface area contributed by atoms with E-state index in [9.17, 15) is 28.1 Å². The minimum atomic E-state index is -4.50. The fourth-order valence-corrected chi connectivity index (χ4v) is 1.92. The molecule has 1 N–H and O–H groups in total. The first kappa shape index (κ1) is 15.4. The number of carbonyl (C=O) groups is 1. The molecule has 2 rings (SSSR count). The number of hydrogen-bond acceptors (Lipinski definition) is 5. The third-order valence-electron chi connectivity index (χ3n) is 2.69. The standard InChI is InChI=1S/C10H8ClF3N2O5/c1-4(17)15-5-2-7-8(3-6(5)16(18)19)20-9(11,12)10(13,14)21-7/h2-3,5-6H,1H3,(H,15,17). The van der Waals surface area contributed by atoms with E-state index in [0.29, 0.717) is 0 Å². The molecular weight excluding hydrogens is 321 g/mol. The number of nitrogens with one attached hydrogen (secondary N) is 1. The van der Waals surface area contributed by atoms with Crippen LogP contribution in [0.15, 0.2) is 23.7 Å². The second-order valence-corrected chi connectivity index (χ2v) is 4.79. The molecule has 0 aromatic heterocycles. The quantitative estimate of drug-likeness (QED) is 0.470. The van der Waals surface area contributed by atoms with Gasteiger partial charge in [-0.3, -0.25) is 14.9 Å². The summed E-state index contributed by atoms with van der Waals surface area (Å²) in [5.74, 6) is -1.91. The maximum absolute atomic E-state index is 13.4. The van der Waals surface area contributed by atoms with Crippen LogP contribution in [0.4, 0.5) is 13.2 Å². The highest BCUT2D eigenvalue weighted by atomic mass is 35.5. The molecule has 7 nitrogen and oxygen atoms in total. The van der Waals surface area contributed by atoms with Crippen LogP contribution in [0.5, 0.6) is 0 Å². The second-order valence-electron chi connectivity index (χ2n) is 4.30. The number of fused-ring (bicyclic) bond motifs is 1. The van der Waals surface area contributed by atoms with Gasteiger partial charge in [0.25, 0.3) is 6.04 Å². The van der Waals surface area contributed by atoms with E-state index in [1.807, 2.05) is 0 Å². The summed E-state index contributed by atoms with van der Waals surface area (Å²) in [6.07, 6.45) is -2.92. The molecule has 1 aliphatic carbocycles. The van der Waals surface area contributed by atoms with Gasteiger partial charge in [0.15, 0.2) is 11.5 Å². The van der Waals surface area contributed by atoms with E-state index < -0.39 is 45.9 Å². The molecule has 116 valence electrons. The van der Waals surface area contributed by atoms with Gasteiger partial charge >= 0.3 is 11.4 Å². The van der Waals surface area contributed by atoms with Crippen molar-refractivity contribution in [2.75, 3.05) is 0 Å². The van der Waals surface area contributed by atoms with Crippen LogP contribution in [0.1, 0.15) is 6.92 Å². The fraction of sp³-hybridized carbons (Fsp3) is 0.500. The van der Waals surface area contributed by atoms with E-state index in [2.05, 4.69) is 14.8 Å². The minimum Gasteiger partial charge on any atom is -0.434 e. The van der Waals surface area contributed by atoms with Crippen LogP contribution >= 0.6 is 11.6 Å². The number of alkyl halides is 4. The Morgan fingerprint density at radius 2 is 1.95 bits per heavy atom. The van der Waals surface area contributed by atoms with Gasteiger partial charge < -0.3 is 14.8 Å². The van der Waals surface area contributed by atoms with Gasteiger partial charge in [-0.25, -0.2) is 0 Å². The summed E-state index contributed by atoms with van der Waals surface area (Å²) in [4.78, 5) is 21.1. The van der Waals surface area contributed by atoms with Gasteiger partial charge in [-0.2, -0.15) is 13.2 Å². The van der Waals surface area contributed by atoms with Crippen molar-refractivity contribution in [3.8, 4) is 0 Å². The molecule has 3 atom stereocenters. The molecule has 0 radical (unpaired) electrons. The third kappa shape index (κ3) is 2.75. The monoisotopic (exact) mass is 328 g/mol. The fourth-order valence-electron chi connectivity index (χ4n) is 1.80. The molecule has 1 aliphatic heterocycles. The number of nitro groups is 1. The first-order valence-corrected chi connectivity index (χ1v) is 5.89. The molecular formula is C10H8ClF3N2O5. The SMILES string of the molecule is CC(=O)NC1C=C2OC(F)(F)C(F)(Cl)OC2=CC1[N+](=O)[O-]. The Morgan fingerprint density at radius 1 is 1.38 bits per heavy atom. The molecule has 1 amide bonds. The lowest BCUT2D eigenvalue weighted by Gasteiger charge is -2.37. The van der Waals surface area contributed by atoms with Crippen LogP contribution < -0.4 is 5.32 Å². The lowest BCUT2D eigenvalue weighted by Crippen LogP contribution is -2.51. The van der Waals surface area contributed by atoms with Crippen molar-refractivity contribution in [2.24, 2.45) is 0 Å². The molecule has 11 heteroatoms. The average Bonchev–Trinajstić information content (AvgIpc) is 2.28. The van der Waals surface area contributed by atoms with Gasteiger partial charge in [-0.15, -0.1) is 0 Å². The first-order chi connectivity index (χ1) is 9.53. The van der Waals surface area contributed by atoms with Gasteiger partial charge in [0, 0.05) is 17.9 Å². The lowest BCUT2D eigenvalue weighted by molar-refractivity contribution is -0.512. The molecule has 0 aromatic rings. The Labute approximate surface area is 120 Å².